The van der Waals surface area contributed by atoms with Gasteiger partial charge in [-0.25, -0.2) is 9.78 Å². The zero-order chi connectivity index (χ0) is 18.4. The van der Waals surface area contributed by atoms with Crippen molar-refractivity contribution in [2.45, 2.75) is 0 Å². The lowest BCUT2D eigenvalue weighted by atomic mass is 10.2. The van der Waals surface area contributed by atoms with E-state index in [2.05, 4.69) is 20.4 Å². The minimum atomic E-state index is -0.425. The maximum absolute atomic E-state index is 12.3. The summed E-state index contributed by atoms with van der Waals surface area (Å²) in [5, 5.41) is 5.94. The fraction of sp³-hybridized carbons (Fsp3) is 0.0500. The van der Waals surface area contributed by atoms with E-state index in [0.29, 0.717) is 16.9 Å². The van der Waals surface area contributed by atoms with Gasteiger partial charge in [-0.2, -0.15) is 0 Å². The highest BCUT2D eigenvalue weighted by Gasteiger charge is 2.09. The van der Waals surface area contributed by atoms with E-state index in [0.717, 1.165) is 11.4 Å². The summed E-state index contributed by atoms with van der Waals surface area (Å²) in [5.41, 5.74) is 3.00. The second-order valence-electron chi connectivity index (χ2n) is 5.45. The number of carbonyl (C=O) groups is 2. The molecule has 3 aromatic rings. The minimum absolute atomic E-state index is 0.292. The van der Waals surface area contributed by atoms with Crippen molar-refractivity contribution in [1.82, 2.24) is 4.98 Å². The van der Waals surface area contributed by atoms with Crippen molar-refractivity contribution in [3.8, 4) is 0 Å². The van der Waals surface area contributed by atoms with Gasteiger partial charge in [-0.3, -0.25) is 4.79 Å². The molecule has 1 heterocycles. The summed E-state index contributed by atoms with van der Waals surface area (Å²) in [6, 6.07) is 19.6. The van der Waals surface area contributed by atoms with E-state index < -0.39 is 5.97 Å². The van der Waals surface area contributed by atoms with E-state index in [9.17, 15) is 9.59 Å². The highest BCUT2D eigenvalue weighted by atomic mass is 16.5. The normalized spacial score (nSPS) is 10.0. The van der Waals surface area contributed by atoms with Gasteiger partial charge in [0.05, 0.1) is 24.6 Å². The van der Waals surface area contributed by atoms with Gasteiger partial charge in [0, 0.05) is 11.4 Å². The van der Waals surface area contributed by atoms with E-state index in [4.69, 9.17) is 0 Å². The molecule has 0 aliphatic carbocycles. The molecule has 3 rings (SSSR count). The molecule has 1 aromatic heterocycles. The number of aromatic nitrogens is 1. The van der Waals surface area contributed by atoms with E-state index in [1.54, 1.807) is 42.6 Å². The van der Waals surface area contributed by atoms with Crippen LogP contribution in [0.1, 0.15) is 20.8 Å². The Bertz CT molecular complexity index is 892. The van der Waals surface area contributed by atoms with Crippen LogP contribution in [-0.2, 0) is 4.74 Å². The molecule has 0 fully saturated rings. The molecular formula is C20H17N3O3. The number of nitrogens with zero attached hydrogens (tertiary/aromatic N) is 1. The molecule has 6 nitrogen and oxygen atoms in total. The third kappa shape index (κ3) is 4.24. The summed E-state index contributed by atoms with van der Waals surface area (Å²) in [4.78, 5) is 27.9. The van der Waals surface area contributed by atoms with Crippen LogP contribution in [0.15, 0.2) is 72.9 Å². The zero-order valence-electron chi connectivity index (χ0n) is 14.1. The summed E-state index contributed by atoms with van der Waals surface area (Å²) in [7, 11) is 1.32. The van der Waals surface area contributed by atoms with Gasteiger partial charge in [-0.15, -0.1) is 0 Å². The Morgan fingerprint density at radius 3 is 2.15 bits per heavy atom. The number of ether oxygens (including phenoxy) is 1. The Hall–Kier alpha value is -3.67. The number of pyridine rings is 1. The van der Waals surface area contributed by atoms with Gasteiger partial charge in [0.15, 0.2) is 0 Å². The molecule has 0 radical (unpaired) electrons. The number of para-hydroxylation sites is 1. The second-order valence-corrected chi connectivity index (χ2v) is 5.45. The van der Waals surface area contributed by atoms with Gasteiger partial charge < -0.3 is 15.4 Å². The van der Waals surface area contributed by atoms with Crippen molar-refractivity contribution >= 4 is 28.9 Å². The van der Waals surface area contributed by atoms with Crippen LogP contribution in [0.25, 0.3) is 0 Å². The number of anilines is 3. The number of amides is 1. The molecule has 0 spiro atoms. The standard InChI is InChI=1S/C20H17N3O3/c1-26-20(25)14-7-9-16(10-8-14)23-19(24)18-12-11-17(13-21-18)22-15-5-3-2-4-6-15/h2-13,22H,1H3,(H,23,24). The van der Waals surface area contributed by atoms with Gasteiger partial charge in [-0.1, -0.05) is 18.2 Å². The van der Waals surface area contributed by atoms with Crippen LogP contribution < -0.4 is 10.6 Å². The van der Waals surface area contributed by atoms with Crippen LogP contribution in [0.4, 0.5) is 17.1 Å². The Balaban J connectivity index is 1.63. The number of methoxy groups -OCH3 is 1. The molecule has 0 bridgehead atoms. The molecular weight excluding hydrogens is 330 g/mol. The fourth-order valence-electron chi connectivity index (χ4n) is 2.29. The van der Waals surface area contributed by atoms with Crippen molar-refractivity contribution in [3.05, 3.63) is 84.2 Å². The molecule has 0 aliphatic rings. The highest BCUT2D eigenvalue weighted by Crippen LogP contribution is 2.16. The molecule has 0 saturated heterocycles. The molecule has 0 aliphatic heterocycles. The fourth-order valence-corrected chi connectivity index (χ4v) is 2.29. The molecule has 2 aromatic carbocycles. The van der Waals surface area contributed by atoms with Crippen LogP contribution in [0.3, 0.4) is 0 Å². The number of rotatable bonds is 5. The van der Waals surface area contributed by atoms with Crippen LogP contribution in [-0.4, -0.2) is 24.0 Å². The quantitative estimate of drug-likeness (QED) is 0.685. The second kappa shape index (κ2) is 7.94. The Labute approximate surface area is 150 Å². The van der Waals surface area contributed by atoms with Crippen molar-refractivity contribution < 1.29 is 14.3 Å². The molecule has 0 atom stereocenters. The summed E-state index contributed by atoms with van der Waals surface area (Å²) in [5.74, 6) is -0.756. The molecule has 6 heteroatoms. The minimum Gasteiger partial charge on any atom is -0.465 e. The maximum Gasteiger partial charge on any atom is 0.337 e. The number of carbonyl (C=O) groups excluding carboxylic acids is 2. The third-order valence-electron chi connectivity index (χ3n) is 3.62. The first-order valence-corrected chi connectivity index (χ1v) is 7.93. The highest BCUT2D eigenvalue weighted by molar-refractivity contribution is 6.03. The summed E-state index contributed by atoms with van der Waals surface area (Å²) in [6.45, 7) is 0. The topological polar surface area (TPSA) is 80.3 Å². The molecule has 0 saturated carbocycles. The molecule has 26 heavy (non-hydrogen) atoms. The average Bonchev–Trinajstić information content (AvgIpc) is 2.69. The predicted octanol–water partition coefficient (Wildman–Crippen LogP) is 3.86. The number of benzene rings is 2. The Kier molecular flexibility index (Phi) is 5.24. The van der Waals surface area contributed by atoms with E-state index in [-0.39, 0.29) is 5.91 Å². The first kappa shape index (κ1) is 17.2. The van der Waals surface area contributed by atoms with Crippen molar-refractivity contribution in [2.24, 2.45) is 0 Å². The third-order valence-corrected chi connectivity index (χ3v) is 3.62. The van der Waals surface area contributed by atoms with Crippen molar-refractivity contribution in [3.63, 3.8) is 0 Å². The summed E-state index contributed by atoms with van der Waals surface area (Å²) < 4.78 is 4.64. The van der Waals surface area contributed by atoms with E-state index in [1.807, 2.05) is 30.3 Å². The van der Waals surface area contributed by atoms with Crippen LogP contribution in [0.2, 0.25) is 0 Å². The largest absolute Gasteiger partial charge is 0.465 e. The smallest absolute Gasteiger partial charge is 0.337 e. The summed E-state index contributed by atoms with van der Waals surface area (Å²) >= 11 is 0. The van der Waals surface area contributed by atoms with Crippen molar-refractivity contribution in [2.75, 3.05) is 17.7 Å². The van der Waals surface area contributed by atoms with Gasteiger partial charge in [0.2, 0.25) is 0 Å². The van der Waals surface area contributed by atoms with Crippen LogP contribution in [0, 0.1) is 0 Å². The molecule has 130 valence electrons. The Morgan fingerprint density at radius 1 is 0.846 bits per heavy atom. The predicted molar refractivity (Wildman–Crippen MR) is 99.7 cm³/mol. The Morgan fingerprint density at radius 2 is 1.54 bits per heavy atom. The van der Waals surface area contributed by atoms with Gasteiger partial charge >= 0.3 is 5.97 Å². The van der Waals surface area contributed by atoms with E-state index >= 15 is 0 Å². The molecule has 2 N–H and O–H groups in total. The van der Waals surface area contributed by atoms with E-state index in [1.165, 1.54) is 7.11 Å². The first-order chi connectivity index (χ1) is 12.7. The zero-order valence-corrected chi connectivity index (χ0v) is 14.1. The monoisotopic (exact) mass is 347 g/mol. The number of hydrogen-bond acceptors (Lipinski definition) is 5. The molecule has 0 unspecified atom stereocenters. The number of hydrogen-bond donors (Lipinski definition) is 2. The molecule has 1 amide bonds. The lowest BCUT2D eigenvalue weighted by Crippen LogP contribution is -2.13. The lowest BCUT2D eigenvalue weighted by Gasteiger charge is -2.08. The summed E-state index contributed by atoms with van der Waals surface area (Å²) in [6.07, 6.45) is 1.60. The van der Waals surface area contributed by atoms with Crippen LogP contribution in [0.5, 0.6) is 0 Å². The number of nitrogens with one attached hydrogen (secondary N) is 2. The maximum atomic E-state index is 12.3. The van der Waals surface area contributed by atoms with Crippen LogP contribution >= 0.6 is 0 Å². The van der Waals surface area contributed by atoms with Gasteiger partial charge in [-0.05, 0) is 48.5 Å². The van der Waals surface area contributed by atoms with Gasteiger partial charge in [0.1, 0.15) is 5.69 Å². The number of esters is 1. The van der Waals surface area contributed by atoms with Crippen molar-refractivity contribution in [1.29, 1.82) is 0 Å². The SMILES string of the molecule is COC(=O)c1ccc(NC(=O)c2ccc(Nc3ccccc3)cn2)cc1. The van der Waals surface area contributed by atoms with Gasteiger partial charge in [0.25, 0.3) is 5.91 Å². The first-order valence-electron chi connectivity index (χ1n) is 7.93. The lowest BCUT2D eigenvalue weighted by molar-refractivity contribution is 0.0600. The average molecular weight is 347 g/mol.